The zero-order valence-corrected chi connectivity index (χ0v) is 10.9. The van der Waals surface area contributed by atoms with Gasteiger partial charge in [-0.2, -0.15) is 5.26 Å². The van der Waals surface area contributed by atoms with Gasteiger partial charge in [-0.05, 0) is 6.07 Å². The summed E-state index contributed by atoms with van der Waals surface area (Å²) in [4.78, 5) is 4.11. The summed E-state index contributed by atoms with van der Waals surface area (Å²) < 4.78 is 10.2. The maximum atomic E-state index is 9.86. The molecule has 0 aliphatic heterocycles. The van der Waals surface area contributed by atoms with Crippen LogP contribution in [0.5, 0.6) is 11.5 Å². The van der Waals surface area contributed by atoms with Gasteiger partial charge in [0, 0.05) is 24.8 Å². The van der Waals surface area contributed by atoms with Crippen LogP contribution in [0.2, 0.25) is 5.02 Å². The summed E-state index contributed by atoms with van der Waals surface area (Å²) in [7, 11) is 1.56. The lowest BCUT2D eigenvalue weighted by Gasteiger charge is -2.09. The molecule has 0 amide bonds. The summed E-state index contributed by atoms with van der Waals surface area (Å²) in [6.07, 6.45) is 1.39. The normalized spacial score (nSPS) is 10.4. The lowest BCUT2D eigenvalue weighted by molar-refractivity contribution is 0.144. The van der Waals surface area contributed by atoms with Crippen LogP contribution < -0.4 is 4.74 Å². The third kappa shape index (κ3) is 2.70. The van der Waals surface area contributed by atoms with E-state index in [0.29, 0.717) is 29.9 Å². The molecule has 0 saturated carbocycles. The molecule has 0 saturated heterocycles. The highest BCUT2D eigenvalue weighted by atomic mass is 35.5. The minimum absolute atomic E-state index is 0.0533. The quantitative estimate of drug-likeness (QED) is 0.870. The van der Waals surface area contributed by atoms with Crippen molar-refractivity contribution in [3.63, 3.8) is 0 Å². The first-order valence-corrected chi connectivity index (χ1v) is 5.88. The van der Waals surface area contributed by atoms with Crippen molar-refractivity contribution >= 4 is 22.5 Å². The second-order valence-corrected chi connectivity index (χ2v) is 4.15. The molecule has 0 spiro atoms. The van der Waals surface area contributed by atoms with Crippen LogP contribution >= 0.6 is 11.6 Å². The number of ether oxygens (including phenoxy) is 2. The van der Waals surface area contributed by atoms with Crippen molar-refractivity contribution in [2.75, 3.05) is 20.3 Å². The van der Waals surface area contributed by atoms with Gasteiger partial charge in [-0.15, -0.1) is 0 Å². The molecule has 1 N–H and O–H groups in total. The number of hydrogen-bond acceptors (Lipinski definition) is 5. The Morgan fingerprint density at radius 3 is 2.89 bits per heavy atom. The summed E-state index contributed by atoms with van der Waals surface area (Å²) in [5, 5.41) is 19.5. The van der Waals surface area contributed by atoms with E-state index in [4.69, 9.17) is 26.3 Å². The van der Waals surface area contributed by atoms with E-state index in [2.05, 4.69) is 4.98 Å². The van der Waals surface area contributed by atoms with Crippen LogP contribution in [-0.2, 0) is 4.74 Å². The number of fused-ring (bicyclic) bond motifs is 1. The SMILES string of the molecule is COCCOc1cc2ncc(C#N)c(Cl)c2cc1O. The highest BCUT2D eigenvalue weighted by Gasteiger charge is 2.11. The summed E-state index contributed by atoms with van der Waals surface area (Å²) in [6, 6.07) is 4.95. The Bertz CT molecular complexity index is 652. The fourth-order valence-corrected chi connectivity index (χ4v) is 1.85. The van der Waals surface area contributed by atoms with E-state index in [-0.39, 0.29) is 16.3 Å². The Morgan fingerprint density at radius 2 is 2.21 bits per heavy atom. The number of methoxy groups -OCH3 is 1. The standard InChI is InChI=1S/C13H11ClN2O3/c1-18-2-3-19-12-5-10-9(4-11(12)17)13(14)8(6-15)7-16-10/h4-5,7,17H,2-3H2,1H3. The molecule has 0 unspecified atom stereocenters. The van der Waals surface area contributed by atoms with E-state index < -0.39 is 0 Å². The number of rotatable bonds is 4. The number of aromatic hydroxyl groups is 1. The second kappa shape index (κ2) is 5.74. The zero-order valence-electron chi connectivity index (χ0n) is 10.2. The lowest BCUT2D eigenvalue weighted by Crippen LogP contribution is -2.04. The van der Waals surface area contributed by atoms with E-state index in [9.17, 15) is 5.11 Å². The fourth-order valence-electron chi connectivity index (χ4n) is 1.60. The Hall–Kier alpha value is -2.03. The smallest absolute Gasteiger partial charge is 0.163 e. The topological polar surface area (TPSA) is 75.4 Å². The van der Waals surface area contributed by atoms with Gasteiger partial charge in [-0.1, -0.05) is 11.6 Å². The zero-order chi connectivity index (χ0) is 13.8. The highest BCUT2D eigenvalue weighted by Crippen LogP contribution is 2.34. The molecule has 6 heteroatoms. The first-order valence-electron chi connectivity index (χ1n) is 5.50. The number of phenols is 1. The first-order chi connectivity index (χ1) is 9.17. The van der Waals surface area contributed by atoms with Crippen LogP contribution in [0.4, 0.5) is 0 Å². The molecule has 0 radical (unpaired) electrons. The molecule has 19 heavy (non-hydrogen) atoms. The minimum Gasteiger partial charge on any atom is -0.504 e. The number of aromatic nitrogens is 1. The summed E-state index contributed by atoms with van der Waals surface area (Å²) in [5.41, 5.74) is 0.816. The molecule has 2 rings (SSSR count). The van der Waals surface area contributed by atoms with Crippen molar-refractivity contribution in [3.05, 3.63) is 28.9 Å². The summed E-state index contributed by atoms with van der Waals surface area (Å²) in [6.45, 7) is 0.735. The van der Waals surface area contributed by atoms with Gasteiger partial charge in [-0.3, -0.25) is 4.98 Å². The van der Waals surface area contributed by atoms with Gasteiger partial charge < -0.3 is 14.6 Å². The first kappa shape index (κ1) is 13.4. The average Bonchev–Trinajstić information content (AvgIpc) is 2.41. The minimum atomic E-state index is -0.0533. The number of hydrogen-bond donors (Lipinski definition) is 1. The number of halogens is 1. The molecule has 1 aromatic heterocycles. The van der Waals surface area contributed by atoms with Gasteiger partial charge in [0.1, 0.15) is 12.7 Å². The molecule has 5 nitrogen and oxygen atoms in total. The number of nitriles is 1. The number of pyridine rings is 1. The maximum absolute atomic E-state index is 9.86. The van der Waals surface area contributed by atoms with Crippen molar-refractivity contribution in [3.8, 4) is 17.6 Å². The maximum Gasteiger partial charge on any atom is 0.163 e. The van der Waals surface area contributed by atoms with Gasteiger partial charge in [-0.25, -0.2) is 0 Å². The van der Waals surface area contributed by atoms with Crippen molar-refractivity contribution < 1.29 is 14.6 Å². The van der Waals surface area contributed by atoms with Crippen LogP contribution in [0, 0.1) is 11.3 Å². The molecule has 0 aliphatic carbocycles. The van der Waals surface area contributed by atoms with Gasteiger partial charge >= 0.3 is 0 Å². The van der Waals surface area contributed by atoms with Crippen molar-refractivity contribution in [1.82, 2.24) is 4.98 Å². The van der Waals surface area contributed by atoms with Crippen LogP contribution in [-0.4, -0.2) is 30.4 Å². The molecule has 0 atom stereocenters. The van der Waals surface area contributed by atoms with E-state index >= 15 is 0 Å². The van der Waals surface area contributed by atoms with E-state index in [1.807, 2.05) is 6.07 Å². The Kier molecular flexibility index (Phi) is 4.05. The molecule has 1 aromatic carbocycles. The van der Waals surface area contributed by atoms with Crippen molar-refractivity contribution in [2.45, 2.75) is 0 Å². The van der Waals surface area contributed by atoms with Crippen LogP contribution in [0.1, 0.15) is 5.56 Å². The molecule has 98 valence electrons. The number of phenolic OH excluding ortho intramolecular Hbond substituents is 1. The van der Waals surface area contributed by atoms with Gasteiger partial charge in [0.05, 0.1) is 22.7 Å². The Labute approximate surface area is 115 Å². The second-order valence-electron chi connectivity index (χ2n) is 3.78. The Morgan fingerprint density at radius 1 is 1.42 bits per heavy atom. The predicted octanol–water partition coefficient (Wildman–Crippen LogP) is 2.49. The predicted molar refractivity (Wildman–Crippen MR) is 70.5 cm³/mol. The molecule has 0 aliphatic rings. The van der Waals surface area contributed by atoms with Crippen molar-refractivity contribution in [1.29, 1.82) is 5.26 Å². The summed E-state index contributed by atoms with van der Waals surface area (Å²) >= 11 is 6.06. The van der Waals surface area contributed by atoms with Crippen LogP contribution in [0.15, 0.2) is 18.3 Å². The molecule has 0 bridgehead atoms. The average molecular weight is 279 g/mol. The van der Waals surface area contributed by atoms with E-state index in [1.165, 1.54) is 12.3 Å². The van der Waals surface area contributed by atoms with Gasteiger partial charge in [0.15, 0.2) is 11.5 Å². The Balaban J connectivity index is 2.44. The molecule has 2 aromatic rings. The number of benzene rings is 1. The molecular formula is C13H11ClN2O3. The number of nitrogens with zero attached hydrogens (tertiary/aromatic N) is 2. The van der Waals surface area contributed by atoms with Crippen molar-refractivity contribution in [2.24, 2.45) is 0 Å². The van der Waals surface area contributed by atoms with Gasteiger partial charge in [0.2, 0.25) is 0 Å². The monoisotopic (exact) mass is 278 g/mol. The largest absolute Gasteiger partial charge is 0.504 e. The van der Waals surface area contributed by atoms with Crippen LogP contribution in [0.25, 0.3) is 10.9 Å². The third-order valence-corrected chi connectivity index (χ3v) is 2.96. The van der Waals surface area contributed by atoms with E-state index in [0.717, 1.165) is 0 Å². The molecular weight excluding hydrogens is 268 g/mol. The van der Waals surface area contributed by atoms with Gasteiger partial charge in [0.25, 0.3) is 0 Å². The highest BCUT2D eigenvalue weighted by molar-refractivity contribution is 6.36. The lowest BCUT2D eigenvalue weighted by atomic mass is 10.1. The molecule has 0 fully saturated rings. The molecule has 1 heterocycles. The third-order valence-electron chi connectivity index (χ3n) is 2.55. The summed E-state index contributed by atoms with van der Waals surface area (Å²) in [5.74, 6) is 0.250. The van der Waals surface area contributed by atoms with Crippen LogP contribution in [0.3, 0.4) is 0 Å². The van der Waals surface area contributed by atoms with E-state index in [1.54, 1.807) is 13.2 Å². The fraction of sp³-hybridized carbons (Fsp3) is 0.231.